The lowest BCUT2D eigenvalue weighted by molar-refractivity contribution is -0.0327. The molecule has 7 nitrogen and oxygen atoms in total. The molecule has 2 aromatic rings. The van der Waals surface area contributed by atoms with Gasteiger partial charge in [0.05, 0.1) is 31.0 Å². The molecule has 0 saturated carbocycles. The summed E-state index contributed by atoms with van der Waals surface area (Å²) in [6.45, 7) is 14.5. The largest absolute Gasteiger partial charge is 0.376 e. The van der Waals surface area contributed by atoms with Crippen LogP contribution in [-0.4, -0.2) is 66.1 Å². The van der Waals surface area contributed by atoms with Gasteiger partial charge >= 0.3 is 0 Å². The molecule has 3 heterocycles. The first kappa shape index (κ1) is 26.1. The van der Waals surface area contributed by atoms with Crippen molar-refractivity contribution in [3.63, 3.8) is 0 Å². The van der Waals surface area contributed by atoms with Gasteiger partial charge in [0.1, 0.15) is 0 Å². The van der Waals surface area contributed by atoms with Gasteiger partial charge < -0.3 is 15.4 Å². The Morgan fingerprint density at radius 3 is 2.87 bits per heavy atom. The predicted octanol–water partition coefficient (Wildman–Crippen LogP) is 3.59. The summed E-state index contributed by atoms with van der Waals surface area (Å²) < 4.78 is 7.82. The fourth-order valence-electron chi connectivity index (χ4n) is 3.85. The third kappa shape index (κ3) is 8.03. The van der Waals surface area contributed by atoms with Crippen molar-refractivity contribution in [1.82, 2.24) is 25.3 Å². The number of hydrogen-bond donors (Lipinski definition) is 2. The minimum Gasteiger partial charge on any atom is -0.376 e. The molecule has 0 radical (unpaired) electrons. The number of thiophene rings is 1. The maximum absolute atomic E-state index is 5.75. The molecule has 1 aliphatic heterocycles. The Labute approximate surface area is 207 Å². The quantitative estimate of drug-likeness (QED) is 0.213. The molecule has 0 aromatic carbocycles. The van der Waals surface area contributed by atoms with E-state index in [9.17, 15) is 0 Å². The van der Waals surface area contributed by atoms with Crippen LogP contribution in [0.2, 0.25) is 0 Å². The third-order valence-electron chi connectivity index (χ3n) is 5.29. The lowest BCUT2D eigenvalue weighted by atomic mass is 10.1. The molecule has 31 heavy (non-hydrogen) atoms. The van der Waals surface area contributed by atoms with Crippen molar-refractivity contribution in [2.45, 2.75) is 52.8 Å². The molecule has 0 spiro atoms. The Balaban J connectivity index is 0.00000341. The lowest BCUT2D eigenvalue weighted by Gasteiger charge is -2.36. The van der Waals surface area contributed by atoms with Crippen LogP contribution >= 0.6 is 35.3 Å². The van der Waals surface area contributed by atoms with Crippen molar-refractivity contribution in [1.29, 1.82) is 0 Å². The highest BCUT2D eigenvalue weighted by Crippen LogP contribution is 2.27. The predicted molar refractivity (Wildman–Crippen MR) is 140 cm³/mol. The maximum Gasteiger partial charge on any atom is 0.191 e. The van der Waals surface area contributed by atoms with E-state index in [1.165, 1.54) is 10.6 Å². The molecule has 0 aliphatic carbocycles. The summed E-state index contributed by atoms with van der Waals surface area (Å²) in [6.07, 6.45) is 1.27. The molecule has 2 unspecified atom stereocenters. The molecule has 1 fully saturated rings. The summed E-state index contributed by atoms with van der Waals surface area (Å²) in [5.74, 6) is 0.883. The molecule has 1 saturated heterocycles. The van der Waals surface area contributed by atoms with E-state index in [1.54, 1.807) is 0 Å². The summed E-state index contributed by atoms with van der Waals surface area (Å²) in [5.41, 5.74) is 2.29. The smallest absolute Gasteiger partial charge is 0.191 e. The number of aryl methyl sites for hydroxylation is 3. The monoisotopic (exact) mass is 560 g/mol. The van der Waals surface area contributed by atoms with Crippen molar-refractivity contribution in [2.24, 2.45) is 4.99 Å². The highest BCUT2D eigenvalue weighted by Gasteiger charge is 2.26. The highest BCUT2D eigenvalue weighted by molar-refractivity contribution is 14.0. The van der Waals surface area contributed by atoms with Gasteiger partial charge in [0.25, 0.3) is 0 Å². The number of nitrogens with one attached hydrogen (secondary N) is 2. The molecule has 1 aliphatic rings. The second kappa shape index (κ2) is 13.4. The SMILES string of the molecule is CCNC(=NCC(c1cccs1)N1CCOC(C)C1)NCCCn1nc(C)cc1C.I. The van der Waals surface area contributed by atoms with E-state index < -0.39 is 0 Å². The van der Waals surface area contributed by atoms with Crippen LogP contribution in [0, 0.1) is 13.8 Å². The normalized spacial score (nSPS) is 18.5. The van der Waals surface area contributed by atoms with E-state index in [4.69, 9.17) is 9.73 Å². The van der Waals surface area contributed by atoms with Crippen LogP contribution in [0.15, 0.2) is 28.6 Å². The Morgan fingerprint density at radius 2 is 2.23 bits per heavy atom. The molecule has 0 amide bonds. The number of rotatable bonds is 9. The summed E-state index contributed by atoms with van der Waals surface area (Å²) in [6, 6.07) is 6.76. The number of aliphatic imine (C=N–C) groups is 1. The third-order valence-corrected chi connectivity index (χ3v) is 6.27. The van der Waals surface area contributed by atoms with E-state index in [0.29, 0.717) is 6.04 Å². The minimum atomic E-state index is 0. The average molecular weight is 561 g/mol. The van der Waals surface area contributed by atoms with Gasteiger partial charge in [0.15, 0.2) is 5.96 Å². The van der Waals surface area contributed by atoms with Gasteiger partial charge in [0.2, 0.25) is 0 Å². The summed E-state index contributed by atoms with van der Waals surface area (Å²) in [7, 11) is 0. The van der Waals surface area contributed by atoms with Crippen LogP contribution < -0.4 is 10.6 Å². The molecule has 2 aromatic heterocycles. The van der Waals surface area contributed by atoms with Crippen molar-refractivity contribution in [3.8, 4) is 0 Å². The molecule has 0 bridgehead atoms. The van der Waals surface area contributed by atoms with Gasteiger partial charge in [-0.05, 0) is 51.6 Å². The van der Waals surface area contributed by atoms with E-state index in [1.807, 2.05) is 18.3 Å². The van der Waals surface area contributed by atoms with Crippen LogP contribution in [0.25, 0.3) is 0 Å². The molecular formula is C22H37IN6OS. The Kier molecular flexibility index (Phi) is 11.3. The number of guanidine groups is 1. The van der Waals surface area contributed by atoms with E-state index >= 15 is 0 Å². The van der Waals surface area contributed by atoms with E-state index in [0.717, 1.165) is 63.9 Å². The fourth-order valence-corrected chi connectivity index (χ4v) is 4.70. The van der Waals surface area contributed by atoms with E-state index in [-0.39, 0.29) is 30.1 Å². The summed E-state index contributed by atoms with van der Waals surface area (Å²) in [4.78, 5) is 8.81. The average Bonchev–Trinajstić information content (AvgIpc) is 3.35. The first-order chi connectivity index (χ1) is 14.6. The summed E-state index contributed by atoms with van der Waals surface area (Å²) >= 11 is 1.81. The van der Waals surface area contributed by atoms with Crippen LogP contribution in [0.1, 0.15) is 42.6 Å². The van der Waals surface area contributed by atoms with E-state index in [2.05, 4.69) is 69.7 Å². The zero-order valence-corrected chi connectivity index (χ0v) is 22.3. The van der Waals surface area contributed by atoms with Crippen LogP contribution in [0.3, 0.4) is 0 Å². The second-order valence-electron chi connectivity index (χ2n) is 7.86. The number of ether oxygens (including phenoxy) is 1. The van der Waals surface area contributed by atoms with Crippen molar-refractivity contribution in [3.05, 3.63) is 39.8 Å². The lowest BCUT2D eigenvalue weighted by Crippen LogP contribution is -2.44. The van der Waals surface area contributed by atoms with Crippen molar-refractivity contribution in [2.75, 3.05) is 39.3 Å². The van der Waals surface area contributed by atoms with Crippen LogP contribution in [0.5, 0.6) is 0 Å². The van der Waals surface area contributed by atoms with Gasteiger partial charge in [-0.3, -0.25) is 14.6 Å². The zero-order chi connectivity index (χ0) is 21.3. The van der Waals surface area contributed by atoms with Gasteiger partial charge in [-0.25, -0.2) is 0 Å². The van der Waals surface area contributed by atoms with Crippen LogP contribution in [-0.2, 0) is 11.3 Å². The number of halogens is 1. The first-order valence-corrected chi connectivity index (χ1v) is 11.9. The molecule has 2 N–H and O–H groups in total. The standard InChI is InChI=1S/C22H36N6OS.HI/c1-5-23-22(24-9-7-10-28-18(3)14-17(2)26-28)25-15-20(21-8-6-13-30-21)27-11-12-29-19(4)16-27;/h6,8,13-14,19-20H,5,7,9-12,15-16H2,1-4H3,(H2,23,24,25);1H. The van der Waals surface area contributed by atoms with Gasteiger partial charge in [-0.15, -0.1) is 35.3 Å². The minimum absolute atomic E-state index is 0. The maximum atomic E-state index is 5.75. The number of hydrogen-bond acceptors (Lipinski definition) is 5. The Hall–Kier alpha value is -1.17. The zero-order valence-electron chi connectivity index (χ0n) is 19.1. The molecule has 9 heteroatoms. The molecule has 3 rings (SSSR count). The summed E-state index contributed by atoms with van der Waals surface area (Å²) in [5, 5.41) is 13.6. The van der Waals surface area contributed by atoms with Gasteiger partial charge in [0, 0.05) is 43.3 Å². The number of morpholine rings is 1. The highest BCUT2D eigenvalue weighted by atomic mass is 127. The van der Waals surface area contributed by atoms with Gasteiger partial charge in [-0.1, -0.05) is 6.07 Å². The van der Waals surface area contributed by atoms with Crippen molar-refractivity contribution >= 4 is 41.3 Å². The van der Waals surface area contributed by atoms with Gasteiger partial charge in [-0.2, -0.15) is 5.10 Å². The molecule has 174 valence electrons. The van der Waals surface area contributed by atoms with Crippen LogP contribution in [0.4, 0.5) is 0 Å². The molecular weight excluding hydrogens is 523 g/mol. The second-order valence-corrected chi connectivity index (χ2v) is 8.84. The Bertz CT molecular complexity index is 794. The van der Waals surface area contributed by atoms with Crippen molar-refractivity contribution < 1.29 is 4.74 Å². The number of aromatic nitrogens is 2. The topological polar surface area (TPSA) is 66.7 Å². The number of nitrogens with zero attached hydrogens (tertiary/aromatic N) is 4. The first-order valence-electron chi connectivity index (χ1n) is 11.0. The fraction of sp³-hybridized carbons (Fsp3) is 0.636. The Morgan fingerprint density at radius 1 is 1.39 bits per heavy atom. The molecule has 2 atom stereocenters.